The molecule has 1 aromatic carbocycles. The molecule has 1 aliphatic heterocycles. The summed E-state index contributed by atoms with van der Waals surface area (Å²) in [6.45, 7) is 0.0201. The lowest BCUT2D eigenvalue weighted by atomic mass is 9.86. The molecular formula is C16H14N6O6. The Bertz CT molecular complexity index is 1240. The largest absolute Gasteiger partial charge is 0.454 e. The second kappa shape index (κ2) is 6.19. The standard InChI is InChI=1S/C16H14N6O6/c17-11-9(13(23)21-15(25)19-11)8(10-12(18)20-16(26)22-14(10)24)5-1-2-6-7(3-5)28-4-27-6/h1-3,8H,4H2,(H4,17,19,21,23,25)(H4,18,20,22,24,26). The normalized spacial score (nSPS) is 12.5. The molecule has 0 amide bonds. The van der Waals surface area contributed by atoms with Crippen molar-refractivity contribution in [1.82, 2.24) is 19.9 Å². The number of nitrogens with two attached hydrogens (primary N) is 2. The zero-order chi connectivity index (χ0) is 20.0. The van der Waals surface area contributed by atoms with Crippen LogP contribution in [0.15, 0.2) is 37.4 Å². The van der Waals surface area contributed by atoms with E-state index >= 15 is 0 Å². The maximum atomic E-state index is 12.5. The molecule has 12 heteroatoms. The first-order valence-electron chi connectivity index (χ1n) is 7.98. The number of benzene rings is 1. The molecule has 0 saturated heterocycles. The summed E-state index contributed by atoms with van der Waals surface area (Å²) in [7, 11) is 0. The Morgan fingerprint density at radius 3 is 1.86 bits per heavy atom. The topological polar surface area (TPSA) is 202 Å². The van der Waals surface area contributed by atoms with Gasteiger partial charge >= 0.3 is 11.4 Å². The number of anilines is 2. The van der Waals surface area contributed by atoms with Crippen LogP contribution in [0.25, 0.3) is 0 Å². The molecule has 0 unspecified atom stereocenters. The van der Waals surface area contributed by atoms with Gasteiger partial charge in [0.05, 0.1) is 17.0 Å². The number of ether oxygens (including phenoxy) is 2. The van der Waals surface area contributed by atoms with Crippen LogP contribution in [0.4, 0.5) is 11.6 Å². The highest BCUT2D eigenvalue weighted by molar-refractivity contribution is 5.58. The van der Waals surface area contributed by atoms with Gasteiger partial charge in [-0.3, -0.25) is 29.5 Å². The molecule has 3 aromatic rings. The lowest BCUT2D eigenvalue weighted by Crippen LogP contribution is -2.34. The Kier molecular flexibility index (Phi) is 3.80. The Morgan fingerprint density at radius 1 is 0.786 bits per heavy atom. The summed E-state index contributed by atoms with van der Waals surface area (Å²) >= 11 is 0. The van der Waals surface area contributed by atoms with Crippen molar-refractivity contribution in [3.8, 4) is 11.5 Å². The third-order valence-corrected chi connectivity index (χ3v) is 4.33. The SMILES string of the molecule is Nc1[nH]c(=O)[nH]c(=O)c1C(c1ccc2c(c1)OCO2)c1c(N)[nH]c(=O)[nH]c1=O. The van der Waals surface area contributed by atoms with Crippen molar-refractivity contribution in [1.29, 1.82) is 0 Å². The minimum atomic E-state index is -1.12. The Morgan fingerprint density at radius 2 is 1.32 bits per heavy atom. The summed E-state index contributed by atoms with van der Waals surface area (Å²) in [6, 6.07) is 4.74. The molecular weight excluding hydrogens is 372 g/mol. The molecule has 12 nitrogen and oxygen atoms in total. The predicted molar refractivity (Wildman–Crippen MR) is 97.7 cm³/mol. The van der Waals surface area contributed by atoms with Crippen LogP contribution in [-0.4, -0.2) is 26.7 Å². The maximum absolute atomic E-state index is 12.5. The molecule has 1 aliphatic rings. The average molecular weight is 386 g/mol. The van der Waals surface area contributed by atoms with E-state index in [0.717, 1.165) is 0 Å². The van der Waals surface area contributed by atoms with E-state index in [9.17, 15) is 19.2 Å². The van der Waals surface area contributed by atoms with Gasteiger partial charge in [-0.1, -0.05) is 6.07 Å². The number of aromatic amines is 4. The third kappa shape index (κ3) is 2.72. The molecule has 0 atom stereocenters. The van der Waals surface area contributed by atoms with Crippen molar-refractivity contribution in [2.45, 2.75) is 5.92 Å². The maximum Gasteiger partial charge on any atom is 0.327 e. The van der Waals surface area contributed by atoms with Gasteiger partial charge in [0, 0.05) is 0 Å². The average Bonchev–Trinajstić information content (AvgIpc) is 3.06. The van der Waals surface area contributed by atoms with Crippen molar-refractivity contribution in [2.24, 2.45) is 0 Å². The number of H-pyrrole nitrogens is 4. The third-order valence-electron chi connectivity index (χ3n) is 4.33. The smallest absolute Gasteiger partial charge is 0.327 e. The molecule has 0 spiro atoms. The van der Waals surface area contributed by atoms with Crippen molar-refractivity contribution in [3.05, 3.63) is 76.6 Å². The first kappa shape index (κ1) is 17.2. The summed E-state index contributed by atoms with van der Waals surface area (Å²) in [5.74, 6) is -0.742. The summed E-state index contributed by atoms with van der Waals surface area (Å²) < 4.78 is 10.6. The lowest BCUT2D eigenvalue weighted by molar-refractivity contribution is 0.174. The highest BCUT2D eigenvalue weighted by Crippen LogP contribution is 2.39. The second-order valence-corrected chi connectivity index (χ2v) is 6.02. The van der Waals surface area contributed by atoms with Gasteiger partial charge in [-0.2, -0.15) is 0 Å². The van der Waals surface area contributed by atoms with Crippen molar-refractivity contribution < 1.29 is 9.47 Å². The van der Waals surface area contributed by atoms with E-state index in [4.69, 9.17) is 20.9 Å². The monoisotopic (exact) mass is 386 g/mol. The fourth-order valence-electron chi connectivity index (χ4n) is 3.17. The zero-order valence-corrected chi connectivity index (χ0v) is 14.1. The minimum Gasteiger partial charge on any atom is -0.454 e. The Hall–Kier alpha value is -4.22. The van der Waals surface area contributed by atoms with E-state index in [0.29, 0.717) is 17.1 Å². The molecule has 144 valence electrons. The molecule has 8 N–H and O–H groups in total. The van der Waals surface area contributed by atoms with Gasteiger partial charge in [-0.15, -0.1) is 0 Å². The van der Waals surface area contributed by atoms with E-state index in [1.54, 1.807) is 18.2 Å². The van der Waals surface area contributed by atoms with Crippen LogP contribution in [0.5, 0.6) is 11.5 Å². The van der Waals surface area contributed by atoms with Crippen LogP contribution in [0, 0.1) is 0 Å². The van der Waals surface area contributed by atoms with Gasteiger partial charge < -0.3 is 20.9 Å². The quantitative estimate of drug-likeness (QED) is 0.312. The van der Waals surface area contributed by atoms with Crippen LogP contribution in [0.1, 0.15) is 22.6 Å². The first-order valence-corrected chi connectivity index (χ1v) is 7.98. The molecule has 4 rings (SSSR count). The van der Waals surface area contributed by atoms with E-state index in [-0.39, 0.29) is 29.6 Å². The summed E-state index contributed by atoms with van der Waals surface area (Å²) in [6.07, 6.45) is 0. The highest BCUT2D eigenvalue weighted by Gasteiger charge is 2.30. The number of aromatic nitrogens is 4. The number of rotatable bonds is 3. The van der Waals surface area contributed by atoms with Gasteiger partial charge in [-0.05, 0) is 17.7 Å². The van der Waals surface area contributed by atoms with Crippen LogP contribution < -0.4 is 43.4 Å². The molecule has 0 bridgehead atoms. The summed E-state index contributed by atoms with van der Waals surface area (Å²) in [5.41, 5.74) is 8.69. The molecule has 0 saturated carbocycles. The summed E-state index contributed by atoms with van der Waals surface area (Å²) in [4.78, 5) is 56.8. The van der Waals surface area contributed by atoms with E-state index in [1.165, 1.54) is 0 Å². The van der Waals surface area contributed by atoms with Crippen molar-refractivity contribution in [2.75, 3.05) is 18.3 Å². The van der Waals surface area contributed by atoms with Crippen molar-refractivity contribution >= 4 is 11.6 Å². The van der Waals surface area contributed by atoms with Gasteiger partial charge in [-0.25, -0.2) is 9.59 Å². The molecule has 0 radical (unpaired) electrons. The number of hydrogen-bond donors (Lipinski definition) is 6. The minimum absolute atomic E-state index is 0.0201. The lowest BCUT2D eigenvalue weighted by Gasteiger charge is -2.19. The first-order chi connectivity index (χ1) is 13.3. The van der Waals surface area contributed by atoms with E-state index < -0.39 is 28.4 Å². The van der Waals surface area contributed by atoms with Crippen LogP contribution >= 0.6 is 0 Å². The molecule has 0 fully saturated rings. The van der Waals surface area contributed by atoms with Gasteiger partial charge in [0.1, 0.15) is 11.6 Å². The van der Waals surface area contributed by atoms with Crippen LogP contribution in [0.2, 0.25) is 0 Å². The molecule has 3 heterocycles. The number of nitrogen functional groups attached to an aromatic ring is 2. The Labute approximate surface area is 154 Å². The van der Waals surface area contributed by atoms with Gasteiger partial charge in [0.2, 0.25) is 6.79 Å². The summed E-state index contributed by atoms with van der Waals surface area (Å²) in [5, 5.41) is 0. The number of fused-ring (bicyclic) bond motifs is 1. The zero-order valence-electron chi connectivity index (χ0n) is 14.1. The van der Waals surface area contributed by atoms with E-state index in [2.05, 4.69) is 19.9 Å². The molecule has 0 aliphatic carbocycles. The molecule has 28 heavy (non-hydrogen) atoms. The van der Waals surface area contributed by atoms with Crippen LogP contribution in [0.3, 0.4) is 0 Å². The Balaban J connectivity index is 2.06. The van der Waals surface area contributed by atoms with Crippen molar-refractivity contribution in [3.63, 3.8) is 0 Å². The van der Waals surface area contributed by atoms with Crippen LogP contribution in [-0.2, 0) is 0 Å². The highest BCUT2D eigenvalue weighted by atomic mass is 16.7. The molecule has 2 aromatic heterocycles. The number of hydrogen-bond acceptors (Lipinski definition) is 8. The second-order valence-electron chi connectivity index (χ2n) is 6.02. The van der Waals surface area contributed by atoms with E-state index in [1.807, 2.05) is 0 Å². The van der Waals surface area contributed by atoms with Gasteiger partial charge in [0.15, 0.2) is 11.5 Å². The van der Waals surface area contributed by atoms with Gasteiger partial charge in [0.25, 0.3) is 11.1 Å². The fraction of sp³-hybridized carbons (Fsp3) is 0.125. The number of nitrogens with one attached hydrogen (secondary N) is 4. The predicted octanol–water partition coefficient (Wildman–Crippen LogP) is -1.49. The fourth-order valence-corrected chi connectivity index (χ4v) is 3.17.